The average molecular weight is 321 g/mol. The summed E-state index contributed by atoms with van der Waals surface area (Å²) in [6.45, 7) is 2.81. The molecule has 0 spiro atoms. The Morgan fingerprint density at radius 1 is 1.17 bits per heavy atom. The Morgan fingerprint density at radius 2 is 1.91 bits per heavy atom. The second kappa shape index (κ2) is 9.14. The van der Waals surface area contributed by atoms with Crippen molar-refractivity contribution < 1.29 is 14.6 Å². The third-order valence-corrected chi connectivity index (χ3v) is 4.94. The van der Waals surface area contributed by atoms with Gasteiger partial charge in [-0.2, -0.15) is 0 Å². The van der Waals surface area contributed by atoms with Gasteiger partial charge in [-0.15, -0.1) is 0 Å². The molecule has 1 fully saturated rings. The van der Waals surface area contributed by atoms with Gasteiger partial charge in [0, 0.05) is 18.2 Å². The van der Waals surface area contributed by atoms with Gasteiger partial charge in [0.05, 0.1) is 20.3 Å². The molecule has 23 heavy (non-hydrogen) atoms. The van der Waals surface area contributed by atoms with Gasteiger partial charge in [-0.3, -0.25) is 0 Å². The predicted molar refractivity (Wildman–Crippen MR) is 93.2 cm³/mol. The first-order valence-corrected chi connectivity index (χ1v) is 8.81. The molecular weight excluding hydrogens is 290 g/mol. The highest BCUT2D eigenvalue weighted by Gasteiger charge is 2.22. The van der Waals surface area contributed by atoms with Crippen molar-refractivity contribution in [3.05, 3.63) is 23.8 Å². The Balaban J connectivity index is 1.86. The van der Waals surface area contributed by atoms with Gasteiger partial charge in [0.2, 0.25) is 0 Å². The van der Waals surface area contributed by atoms with Crippen molar-refractivity contribution in [2.45, 2.75) is 57.6 Å². The van der Waals surface area contributed by atoms with E-state index in [1.807, 2.05) is 18.2 Å². The largest absolute Gasteiger partial charge is 0.497 e. The fourth-order valence-electron chi connectivity index (χ4n) is 3.55. The first-order valence-electron chi connectivity index (χ1n) is 8.81. The molecule has 0 heterocycles. The Morgan fingerprint density at radius 3 is 2.52 bits per heavy atom. The highest BCUT2D eigenvalue weighted by atomic mass is 16.5. The standard InChI is InChI=1S/C19H31NO3/c1-4-5-14-6-8-15(9-7-14)20-13-18(21)17-12-16(22-2)10-11-19(17)23-3/h10-12,14-15,18,20-21H,4-9,13H2,1-3H3. The fraction of sp³-hybridized carbons (Fsp3) is 0.684. The van der Waals surface area contributed by atoms with Crippen LogP contribution in [-0.4, -0.2) is 31.9 Å². The minimum absolute atomic E-state index is 0.523. The molecule has 0 aliphatic heterocycles. The van der Waals surface area contributed by atoms with E-state index < -0.39 is 6.10 Å². The second-order valence-electron chi connectivity index (χ2n) is 6.54. The summed E-state index contributed by atoms with van der Waals surface area (Å²) in [5, 5.41) is 14.0. The zero-order valence-corrected chi connectivity index (χ0v) is 14.7. The van der Waals surface area contributed by atoms with Crippen molar-refractivity contribution in [1.82, 2.24) is 5.32 Å². The summed E-state index contributed by atoms with van der Waals surface area (Å²) < 4.78 is 10.6. The minimum atomic E-state index is -0.589. The summed E-state index contributed by atoms with van der Waals surface area (Å²) >= 11 is 0. The van der Waals surface area contributed by atoms with Crippen LogP contribution in [0, 0.1) is 5.92 Å². The smallest absolute Gasteiger partial charge is 0.124 e. The van der Waals surface area contributed by atoms with Crippen LogP contribution in [0.2, 0.25) is 0 Å². The SMILES string of the molecule is CCCC1CCC(NCC(O)c2cc(OC)ccc2OC)CC1. The molecule has 1 atom stereocenters. The van der Waals surface area contributed by atoms with Gasteiger partial charge in [-0.25, -0.2) is 0 Å². The molecule has 1 aliphatic carbocycles. The van der Waals surface area contributed by atoms with E-state index in [2.05, 4.69) is 12.2 Å². The molecule has 0 aromatic heterocycles. The van der Waals surface area contributed by atoms with Crippen LogP contribution in [0.25, 0.3) is 0 Å². The molecule has 1 aromatic carbocycles. The van der Waals surface area contributed by atoms with Crippen molar-refractivity contribution in [3.8, 4) is 11.5 Å². The molecule has 0 radical (unpaired) electrons. The van der Waals surface area contributed by atoms with E-state index in [4.69, 9.17) is 9.47 Å². The zero-order valence-electron chi connectivity index (χ0n) is 14.7. The maximum absolute atomic E-state index is 10.5. The van der Waals surface area contributed by atoms with Crippen LogP contribution in [0.1, 0.15) is 57.1 Å². The number of aliphatic hydroxyl groups excluding tert-OH is 1. The molecule has 130 valence electrons. The van der Waals surface area contributed by atoms with Crippen LogP contribution in [0.5, 0.6) is 11.5 Å². The molecule has 4 heteroatoms. The normalized spacial score (nSPS) is 22.6. The summed E-state index contributed by atoms with van der Waals surface area (Å²) in [5.74, 6) is 2.34. The molecule has 1 unspecified atom stereocenters. The lowest BCUT2D eigenvalue weighted by Crippen LogP contribution is -2.36. The molecule has 0 saturated heterocycles. The van der Waals surface area contributed by atoms with E-state index >= 15 is 0 Å². The molecule has 2 rings (SSSR count). The Kier molecular flexibility index (Phi) is 7.18. The number of hydrogen-bond donors (Lipinski definition) is 2. The number of ether oxygens (including phenoxy) is 2. The highest BCUT2D eigenvalue weighted by molar-refractivity contribution is 5.41. The third-order valence-electron chi connectivity index (χ3n) is 4.94. The Bertz CT molecular complexity index is 470. The molecule has 0 bridgehead atoms. The summed E-state index contributed by atoms with van der Waals surface area (Å²) in [7, 11) is 3.26. The molecule has 1 aliphatic rings. The number of hydrogen-bond acceptors (Lipinski definition) is 4. The van der Waals surface area contributed by atoms with Crippen LogP contribution in [-0.2, 0) is 0 Å². The van der Waals surface area contributed by atoms with E-state index in [0.29, 0.717) is 18.3 Å². The summed E-state index contributed by atoms with van der Waals surface area (Å²) in [6.07, 6.45) is 7.11. The molecule has 0 amide bonds. The Hall–Kier alpha value is -1.26. The van der Waals surface area contributed by atoms with Gasteiger partial charge in [0.1, 0.15) is 11.5 Å². The van der Waals surface area contributed by atoms with Crippen LogP contribution in [0.15, 0.2) is 18.2 Å². The van der Waals surface area contributed by atoms with E-state index in [1.165, 1.54) is 38.5 Å². The number of rotatable bonds is 8. The third kappa shape index (κ3) is 5.11. The maximum Gasteiger partial charge on any atom is 0.124 e. The zero-order chi connectivity index (χ0) is 16.7. The summed E-state index contributed by atoms with van der Waals surface area (Å²) in [4.78, 5) is 0. The topological polar surface area (TPSA) is 50.7 Å². The van der Waals surface area contributed by atoms with Gasteiger partial charge >= 0.3 is 0 Å². The lowest BCUT2D eigenvalue weighted by molar-refractivity contribution is 0.158. The van der Waals surface area contributed by atoms with Crippen LogP contribution in [0.4, 0.5) is 0 Å². The quantitative estimate of drug-likeness (QED) is 0.767. The lowest BCUT2D eigenvalue weighted by atomic mass is 9.83. The summed E-state index contributed by atoms with van der Waals surface area (Å²) in [6, 6.07) is 6.06. The maximum atomic E-state index is 10.5. The van der Waals surface area contributed by atoms with Crippen molar-refractivity contribution in [3.63, 3.8) is 0 Å². The minimum Gasteiger partial charge on any atom is -0.497 e. The number of methoxy groups -OCH3 is 2. The first-order chi connectivity index (χ1) is 11.2. The lowest BCUT2D eigenvalue weighted by Gasteiger charge is -2.30. The molecule has 2 N–H and O–H groups in total. The molecule has 4 nitrogen and oxygen atoms in total. The predicted octanol–water partition coefficient (Wildman–Crippen LogP) is 3.69. The monoisotopic (exact) mass is 321 g/mol. The van der Waals surface area contributed by atoms with E-state index in [0.717, 1.165) is 17.2 Å². The van der Waals surface area contributed by atoms with E-state index in [9.17, 15) is 5.11 Å². The van der Waals surface area contributed by atoms with Gasteiger partial charge in [0.25, 0.3) is 0 Å². The highest BCUT2D eigenvalue weighted by Crippen LogP contribution is 2.30. The van der Waals surface area contributed by atoms with E-state index in [1.54, 1.807) is 14.2 Å². The van der Waals surface area contributed by atoms with E-state index in [-0.39, 0.29) is 0 Å². The number of aliphatic hydroxyl groups is 1. The number of nitrogens with one attached hydrogen (secondary N) is 1. The van der Waals surface area contributed by atoms with Crippen molar-refractivity contribution >= 4 is 0 Å². The molecular formula is C19H31NO3. The Labute approximate surface area is 140 Å². The first kappa shape index (κ1) is 18.1. The van der Waals surface area contributed by atoms with Gasteiger partial charge in [-0.1, -0.05) is 19.8 Å². The second-order valence-corrected chi connectivity index (χ2v) is 6.54. The number of benzene rings is 1. The average Bonchev–Trinajstić information content (AvgIpc) is 2.60. The van der Waals surface area contributed by atoms with Crippen molar-refractivity contribution in [2.75, 3.05) is 20.8 Å². The van der Waals surface area contributed by atoms with Gasteiger partial charge in [-0.05, 0) is 49.8 Å². The van der Waals surface area contributed by atoms with Crippen molar-refractivity contribution in [1.29, 1.82) is 0 Å². The van der Waals surface area contributed by atoms with Gasteiger partial charge < -0.3 is 19.9 Å². The van der Waals surface area contributed by atoms with Gasteiger partial charge in [0.15, 0.2) is 0 Å². The van der Waals surface area contributed by atoms with Crippen LogP contribution in [0.3, 0.4) is 0 Å². The molecule has 1 aromatic rings. The summed E-state index contributed by atoms with van der Waals surface area (Å²) in [5.41, 5.74) is 0.777. The van der Waals surface area contributed by atoms with Crippen LogP contribution >= 0.6 is 0 Å². The fourth-order valence-corrected chi connectivity index (χ4v) is 3.55. The van der Waals surface area contributed by atoms with Crippen molar-refractivity contribution in [2.24, 2.45) is 5.92 Å². The van der Waals surface area contributed by atoms with Crippen LogP contribution < -0.4 is 14.8 Å². The molecule has 1 saturated carbocycles.